The zero-order valence-corrected chi connectivity index (χ0v) is 10.1. The summed E-state index contributed by atoms with van der Waals surface area (Å²) in [6.45, 7) is 1.49. The third-order valence-electron chi connectivity index (χ3n) is 4.27. The van der Waals surface area contributed by atoms with Gasteiger partial charge in [-0.05, 0) is 36.3 Å². The molecule has 1 aliphatic heterocycles. The molecule has 2 atom stereocenters. The second-order valence-corrected chi connectivity index (χ2v) is 5.36. The minimum atomic E-state index is -0.354. The van der Waals surface area contributed by atoms with Crippen molar-refractivity contribution in [2.24, 2.45) is 5.92 Å². The van der Waals surface area contributed by atoms with Crippen molar-refractivity contribution in [1.29, 1.82) is 0 Å². The first-order valence-corrected chi connectivity index (χ1v) is 6.70. The van der Waals surface area contributed by atoms with Crippen LogP contribution >= 0.6 is 0 Å². The minimum Gasteiger partial charge on any atom is -0.388 e. The second-order valence-electron chi connectivity index (χ2n) is 5.36. The number of aliphatic hydroxyl groups is 1. The van der Waals surface area contributed by atoms with Crippen LogP contribution in [0.1, 0.15) is 48.8 Å². The third-order valence-corrected chi connectivity index (χ3v) is 4.27. The van der Waals surface area contributed by atoms with E-state index >= 15 is 0 Å². The molecule has 2 unspecified atom stereocenters. The van der Waals surface area contributed by atoms with Gasteiger partial charge in [0.05, 0.1) is 12.7 Å². The van der Waals surface area contributed by atoms with Gasteiger partial charge in [-0.25, -0.2) is 0 Å². The summed E-state index contributed by atoms with van der Waals surface area (Å²) in [6.07, 6.45) is 4.66. The molecule has 1 N–H and O–H groups in total. The zero-order valence-electron chi connectivity index (χ0n) is 10.1. The van der Waals surface area contributed by atoms with Gasteiger partial charge in [0.25, 0.3) is 0 Å². The first-order chi connectivity index (χ1) is 8.34. The molecule has 2 fully saturated rings. The molecule has 1 aromatic carbocycles. The van der Waals surface area contributed by atoms with Crippen LogP contribution in [0.3, 0.4) is 0 Å². The molecule has 0 bridgehead atoms. The minimum absolute atomic E-state index is 0.282. The molecule has 0 amide bonds. The second kappa shape index (κ2) is 4.79. The van der Waals surface area contributed by atoms with Crippen LogP contribution in [0.2, 0.25) is 0 Å². The van der Waals surface area contributed by atoms with Crippen LogP contribution in [-0.2, 0) is 4.74 Å². The maximum absolute atomic E-state index is 10.2. The highest BCUT2D eigenvalue weighted by Crippen LogP contribution is 2.37. The molecule has 1 aromatic rings. The molecule has 2 nitrogen and oxygen atoms in total. The number of ether oxygens (including phenoxy) is 1. The lowest BCUT2D eigenvalue weighted by Gasteiger charge is -2.26. The van der Waals surface area contributed by atoms with Gasteiger partial charge in [-0.2, -0.15) is 0 Å². The Balaban J connectivity index is 1.69. The Morgan fingerprint density at radius 3 is 2.41 bits per heavy atom. The number of aliphatic hydroxyl groups excluding tert-OH is 1. The molecule has 1 aliphatic carbocycles. The quantitative estimate of drug-likeness (QED) is 0.868. The van der Waals surface area contributed by atoms with E-state index in [0.717, 1.165) is 24.5 Å². The molecular weight excluding hydrogens is 212 g/mol. The van der Waals surface area contributed by atoms with Gasteiger partial charge < -0.3 is 9.84 Å². The number of benzene rings is 1. The highest BCUT2D eigenvalue weighted by Gasteiger charge is 2.25. The third kappa shape index (κ3) is 2.24. The van der Waals surface area contributed by atoms with Crippen LogP contribution in [0.5, 0.6) is 0 Å². The first-order valence-electron chi connectivity index (χ1n) is 6.70. The van der Waals surface area contributed by atoms with Gasteiger partial charge in [-0.1, -0.05) is 30.7 Å². The van der Waals surface area contributed by atoms with Crippen molar-refractivity contribution in [3.63, 3.8) is 0 Å². The van der Waals surface area contributed by atoms with Gasteiger partial charge >= 0.3 is 0 Å². The summed E-state index contributed by atoms with van der Waals surface area (Å²) in [5.74, 6) is 1.06. The van der Waals surface area contributed by atoms with Gasteiger partial charge in [0.1, 0.15) is 0 Å². The van der Waals surface area contributed by atoms with Crippen LogP contribution in [0, 0.1) is 5.92 Å². The molecule has 2 aliphatic rings. The molecule has 0 radical (unpaired) electrons. The van der Waals surface area contributed by atoms with E-state index in [-0.39, 0.29) is 12.0 Å². The van der Waals surface area contributed by atoms with Crippen LogP contribution in [0.4, 0.5) is 0 Å². The van der Waals surface area contributed by atoms with Crippen molar-refractivity contribution < 1.29 is 9.84 Å². The Morgan fingerprint density at radius 1 is 1.12 bits per heavy atom. The molecule has 92 valence electrons. The lowest BCUT2D eigenvalue weighted by atomic mass is 9.79. The summed E-state index contributed by atoms with van der Waals surface area (Å²) in [6, 6.07) is 8.57. The number of hydrogen-bond acceptors (Lipinski definition) is 2. The maximum Gasteiger partial charge on any atom is 0.0841 e. The van der Waals surface area contributed by atoms with E-state index in [9.17, 15) is 5.11 Å². The molecule has 0 aromatic heterocycles. The molecule has 1 heterocycles. The summed E-state index contributed by atoms with van der Waals surface area (Å²) >= 11 is 0. The fraction of sp³-hybridized carbons (Fsp3) is 0.600. The van der Waals surface area contributed by atoms with E-state index in [4.69, 9.17) is 4.74 Å². The molecule has 1 saturated heterocycles. The van der Waals surface area contributed by atoms with E-state index in [1.54, 1.807) is 0 Å². The van der Waals surface area contributed by atoms with Crippen molar-refractivity contribution in [2.45, 2.75) is 37.7 Å². The van der Waals surface area contributed by atoms with Crippen LogP contribution in [0.15, 0.2) is 24.3 Å². The van der Waals surface area contributed by atoms with Crippen molar-refractivity contribution in [3.05, 3.63) is 35.4 Å². The normalized spacial score (nSPS) is 26.8. The van der Waals surface area contributed by atoms with Crippen molar-refractivity contribution >= 4 is 0 Å². The van der Waals surface area contributed by atoms with Crippen LogP contribution < -0.4 is 0 Å². The molecule has 2 heteroatoms. The molecule has 1 saturated carbocycles. The van der Waals surface area contributed by atoms with Crippen LogP contribution in [-0.4, -0.2) is 18.3 Å². The van der Waals surface area contributed by atoms with E-state index in [1.807, 2.05) is 0 Å². The van der Waals surface area contributed by atoms with Gasteiger partial charge in [-0.15, -0.1) is 0 Å². The Kier molecular flexibility index (Phi) is 3.17. The highest BCUT2D eigenvalue weighted by atomic mass is 16.5. The predicted molar refractivity (Wildman–Crippen MR) is 66.9 cm³/mol. The largest absolute Gasteiger partial charge is 0.388 e. The topological polar surface area (TPSA) is 29.5 Å². The van der Waals surface area contributed by atoms with E-state index < -0.39 is 0 Å². The SMILES string of the molecule is OC(c1ccc(C2CCC2)cc1)C1CCOC1. The summed E-state index contributed by atoms with van der Waals surface area (Å²) in [4.78, 5) is 0. The molecule has 3 rings (SSSR count). The summed E-state index contributed by atoms with van der Waals surface area (Å²) < 4.78 is 5.33. The van der Waals surface area contributed by atoms with E-state index in [0.29, 0.717) is 6.61 Å². The van der Waals surface area contributed by atoms with Gasteiger partial charge in [0.2, 0.25) is 0 Å². The summed E-state index contributed by atoms with van der Waals surface area (Å²) in [5.41, 5.74) is 2.48. The number of rotatable bonds is 3. The van der Waals surface area contributed by atoms with Gasteiger partial charge in [0, 0.05) is 12.5 Å². The monoisotopic (exact) mass is 232 g/mol. The fourth-order valence-electron chi connectivity index (χ4n) is 2.78. The van der Waals surface area contributed by atoms with E-state index in [2.05, 4.69) is 24.3 Å². The first kappa shape index (κ1) is 11.2. The Labute approximate surface area is 103 Å². The van der Waals surface area contributed by atoms with Crippen molar-refractivity contribution in [1.82, 2.24) is 0 Å². The lowest BCUT2D eigenvalue weighted by molar-refractivity contribution is 0.0918. The van der Waals surface area contributed by atoms with Gasteiger partial charge in [-0.3, -0.25) is 0 Å². The fourth-order valence-corrected chi connectivity index (χ4v) is 2.78. The maximum atomic E-state index is 10.2. The Hall–Kier alpha value is -0.860. The van der Waals surface area contributed by atoms with Crippen molar-refractivity contribution in [3.8, 4) is 0 Å². The van der Waals surface area contributed by atoms with Crippen molar-refractivity contribution in [2.75, 3.05) is 13.2 Å². The average molecular weight is 232 g/mol. The zero-order chi connectivity index (χ0) is 11.7. The summed E-state index contributed by atoms with van der Waals surface area (Å²) in [5, 5.41) is 10.2. The standard InChI is InChI=1S/C15H20O2/c16-15(14-8-9-17-10-14)13-6-4-12(5-7-13)11-2-1-3-11/h4-7,11,14-16H,1-3,8-10H2. The molecular formula is C15H20O2. The molecule has 0 spiro atoms. The lowest BCUT2D eigenvalue weighted by Crippen LogP contribution is -2.13. The predicted octanol–water partition coefficient (Wildman–Crippen LogP) is 3.02. The molecule has 17 heavy (non-hydrogen) atoms. The summed E-state index contributed by atoms with van der Waals surface area (Å²) in [7, 11) is 0. The Morgan fingerprint density at radius 2 is 1.88 bits per heavy atom. The Bertz CT molecular complexity index is 361. The van der Waals surface area contributed by atoms with Gasteiger partial charge in [0.15, 0.2) is 0 Å². The van der Waals surface area contributed by atoms with E-state index in [1.165, 1.54) is 24.8 Å². The van der Waals surface area contributed by atoms with Crippen LogP contribution in [0.25, 0.3) is 0 Å². The smallest absolute Gasteiger partial charge is 0.0841 e. The number of hydrogen-bond donors (Lipinski definition) is 1. The average Bonchev–Trinajstić information content (AvgIpc) is 2.80. The highest BCUT2D eigenvalue weighted by molar-refractivity contribution is 5.28.